The van der Waals surface area contributed by atoms with Crippen molar-refractivity contribution in [3.8, 4) is 28.7 Å². The summed E-state index contributed by atoms with van der Waals surface area (Å²) in [5, 5.41) is 16.8. The minimum Gasteiger partial charge on any atom is -0.280 e. The Morgan fingerprint density at radius 3 is 2.61 bits per heavy atom. The summed E-state index contributed by atoms with van der Waals surface area (Å²) in [4.78, 5) is 8.10. The summed E-state index contributed by atoms with van der Waals surface area (Å²) in [7, 11) is 1.92. The summed E-state index contributed by atoms with van der Waals surface area (Å²) in [5.41, 5.74) is 15.1. The second kappa shape index (κ2) is 8.52. The maximum atomic E-state index is 8.40. The van der Waals surface area contributed by atoms with Crippen LogP contribution in [0, 0.1) is 18.8 Å². The summed E-state index contributed by atoms with van der Waals surface area (Å²) in [6.07, 6.45) is 6.33. The quantitative estimate of drug-likeness (QED) is 0.139. The Hall–Kier alpha value is -4.67. The van der Waals surface area contributed by atoms with Crippen molar-refractivity contribution < 1.29 is 0 Å². The molecule has 2 aromatic carbocycles. The van der Waals surface area contributed by atoms with Crippen LogP contribution in [0.5, 0.6) is 0 Å². The number of rotatable bonds is 4. The smallest absolute Gasteiger partial charge is 0.165 e. The maximum Gasteiger partial charge on any atom is 0.165 e. The monoisotopic (exact) mass is 473 g/mol. The lowest BCUT2D eigenvalue weighted by Crippen LogP contribution is -2.11. The average Bonchev–Trinajstić information content (AvgIpc) is 3.41. The lowest BCUT2D eigenvalue weighted by Gasteiger charge is -2.14. The highest BCUT2D eigenvalue weighted by molar-refractivity contribution is 6.16. The summed E-state index contributed by atoms with van der Waals surface area (Å²) < 4.78 is 3.97. The summed E-state index contributed by atoms with van der Waals surface area (Å²) in [6, 6.07) is 14.6. The highest BCUT2D eigenvalue weighted by Crippen LogP contribution is 2.51. The van der Waals surface area contributed by atoms with Crippen molar-refractivity contribution in [3.63, 3.8) is 0 Å². The predicted molar refractivity (Wildman–Crippen MR) is 137 cm³/mol. The van der Waals surface area contributed by atoms with E-state index in [1.165, 1.54) is 0 Å². The molecule has 2 aliphatic rings. The highest BCUT2D eigenvalue weighted by Gasteiger charge is 2.51. The molecule has 4 aromatic rings. The van der Waals surface area contributed by atoms with Gasteiger partial charge in [-0.3, -0.25) is 14.2 Å². The fourth-order valence-corrected chi connectivity index (χ4v) is 4.65. The number of aryl methyl sites for hydroxylation is 2. The molecular weight excluding hydrogens is 450 g/mol. The van der Waals surface area contributed by atoms with E-state index in [-0.39, 0.29) is 5.54 Å². The number of azide groups is 1. The molecule has 1 fully saturated rings. The van der Waals surface area contributed by atoms with Gasteiger partial charge in [0.1, 0.15) is 11.4 Å². The van der Waals surface area contributed by atoms with E-state index in [2.05, 4.69) is 72.1 Å². The number of hydrogen-bond donors (Lipinski definition) is 0. The normalized spacial score (nSPS) is 14.6. The number of fused-ring (bicyclic) bond motifs is 4. The zero-order valence-corrected chi connectivity index (χ0v) is 20.0. The Morgan fingerprint density at radius 2 is 1.89 bits per heavy atom. The van der Waals surface area contributed by atoms with E-state index in [9.17, 15) is 0 Å². The van der Waals surface area contributed by atoms with Gasteiger partial charge in [0.05, 0.1) is 17.6 Å². The van der Waals surface area contributed by atoms with Crippen LogP contribution in [0.15, 0.2) is 65.0 Å². The first-order chi connectivity index (χ1) is 17.6. The molecule has 6 rings (SSSR count). The lowest BCUT2D eigenvalue weighted by molar-refractivity contribution is 0.659. The van der Waals surface area contributed by atoms with Crippen LogP contribution in [0.4, 0.5) is 0 Å². The van der Waals surface area contributed by atoms with E-state index in [0.29, 0.717) is 13.0 Å². The molecule has 9 heteroatoms. The number of benzene rings is 2. The fourth-order valence-electron chi connectivity index (χ4n) is 4.65. The minimum absolute atomic E-state index is 0.343. The fraction of sp³-hybridized carbons (Fsp3) is 0.259. The third-order valence-corrected chi connectivity index (χ3v) is 6.61. The van der Waals surface area contributed by atoms with Crippen LogP contribution in [0.1, 0.15) is 47.6 Å². The van der Waals surface area contributed by atoms with Gasteiger partial charge in [0.25, 0.3) is 0 Å². The molecule has 36 heavy (non-hydrogen) atoms. The minimum atomic E-state index is -0.343. The lowest BCUT2D eigenvalue weighted by atomic mass is 9.96. The number of nitrogens with zero attached hydrogens (tertiary/aromatic N) is 9. The van der Waals surface area contributed by atoms with Gasteiger partial charge >= 0.3 is 0 Å². The first-order valence-electron chi connectivity index (χ1n) is 11.8. The molecule has 1 saturated carbocycles. The van der Waals surface area contributed by atoms with Crippen LogP contribution in [-0.4, -0.2) is 36.8 Å². The van der Waals surface area contributed by atoms with Gasteiger partial charge < -0.3 is 0 Å². The third kappa shape index (κ3) is 3.74. The Labute approximate surface area is 208 Å². The first-order valence-corrected chi connectivity index (χ1v) is 11.8. The Morgan fingerprint density at radius 1 is 1.08 bits per heavy atom. The second-order valence-electron chi connectivity index (χ2n) is 9.12. The van der Waals surface area contributed by atoms with E-state index in [4.69, 9.17) is 10.5 Å². The molecule has 176 valence electrons. The van der Waals surface area contributed by atoms with Gasteiger partial charge in [-0.2, -0.15) is 5.10 Å². The molecular formula is C27H23N9. The maximum absolute atomic E-state index is 8.40. The van der Waals surface area contributed by atoms with Gasteiger partial charge in [-0.25, -0.2) is 0 Å². The summed E-state index contributed by atoms with van der Waals surface area (Å²) in [5.74, 6) is 7.96. The van der Waals surface area contributed by atoms with Crippen molar-refractivity contribution in [3.05, 3.63) is 93.6 Å². The zero-order valence-electron chi connectivity index (χ0n) is 20.0. The molecule has 2 aromatic heterocycles. The van der Waals surface area contributed by atoms with Crippen LogP contribution in [0.3, 0.4) is 0 Å². The predicted octanol–water partition coefficient (Wildman–Crippen LogP) is 4.87. The molecule has 3 heterocycles. The number of aromatic nitrogens is 5. The van der Waals surface area contributed by atoms with E-state index < -0.39 is 0 Å². The van der Waals surface area contributed by atoms with Crippen LogP contribution >= 0.6 is 0 Å². The van der Waals surface area contributed by atoms with E-state index in [1.54, 1.807) is 0 Å². The molecule has 0 N–H and O–H groups in total. The van der Waals surface area contributed by atoms with Crippen molar-refractivity contribution >= 4 is 5.71 Å². The van der Waals surface area contributed by atoms with Crippen molar-refractivity contribution in [1.82, 2.24) is 24.5 Å². The van der Waals surface area contributed by atoms with E-state index in [1.807, 2.05) is 43.2 Å². The molecule has 1 spiro atoms. The van der Waals surface area contributed by atoms with Gasteiger partial charge in [-0.1, -0.05) is 35.2 Å². The van der Waals surface area contributed by atoms with Crippen LogP contribution in [0.25, 0.3) is 27.3 Å². The highest BCUT2D eigenvalue weighted by atomic mass is 15.3. The van der Waals surface area contributed by atoms with Crippen LogP contribution < -0.4 is 0 Å². The van der Waals surface area contributed by atoms with Gasteiger partial charge in [0, 0.05) is 53.4 Å². The molecule has 1 aliphatic heterocycles. The molecule has 0 unspecified atom stereocenters. The molecule has 0 radical (unpaired) electrons. The number of aliphatic imine (C=N–C) groups is 1. The first kappa shape index (κ1) is 21.8. The van der Waals surface area contributed by atoms with Crippen LogP contribution in [0.2, 0.25) is 0 Å². The van der Waals surface area contributed by atoms with Gasteiger partial charge in [0.15, 0.2) is 5.82 Å². The molecule has 0 bridgehead atoms. The average molecular weight is 474 g/mol. The van der Waals surface area contributed by atoms with Crippen molar-refractivity contribution in [2.75, 3.05) is 6.54 Å². The summed E-state index contributed by atoms with van der Waals surface area (Å²) in [6.45, 7) is 2.37. The molecule has 0 amide bonds. The van der Waals surface area contributed by atoms with Gasteiger partial charge in [-0.05, 0) is 55.1 Å². The van der Waals surface area contributed by atoms with Gasteiger partial charge in [-0.15, -0.1) is 10.2 Å². The zero-order chi connectivity index (χ0) is 24.7. The van der Waals surface area contributed by atoms with Crippen molar-refractivity contribution in [2.24, 2.45) is 17.2 Å². The number of hydrogen-bond acceptors (Lipinski definition) is 5. The van der Waals surface area contributed by atoms with Crippen molar-refractivity contribution in [1.29, 1.82) is 0 Å². The Kier molecular flexibility index (Phi) is 5.17. The SMILES string of the molecule is Cc1nnc2n1-c1ccc(-c3cnn(C)c3)cc1C(c1ccc(C#CCCN=[N+]=[N-])cc1)=NC21CC1. The van der Waals surface area contributed by atoms with E-state index in [0.717, 1.165) is 63.7 Å². The summed E-state index contributed by atoms with van der Waals surface area (Å²) >= 11 is 0. The molecule has 9 nitrogen and oxygen atoms in total. The van der Waals surface area contributed by atoms with Crippen LogP contribution in [-0.2, 0) is 12.6 Å². The van der Waals surface area contributed by atoms with Crippen molar-refractivity contribution in [2.45, 2.75) is 31.7 Å². The second-order valence-corrected chi connectivity index (χ2v) is 9.12. The molecule has 0 atom stereocenters. The Balaban J connectivity index is 1.47. The third-order valence-electron chi connectivity index (χ3n) is 6.61. The van der Waals surface area contributed by atoms with E-state index >= 15 is 0 Å². The standard InChI is InChI=1S/C27H23N9/c1-18-32-33-26-27(12-13-27)31-25(20-8-6-19(7-9-20)5-3-4-14-29-34-28)23-15-21(10-11-24(23)36(18)26)22-16-30-35(2)17-22/h6-11,15-17H,4,12-14H2,1-2H3. The molecule has 0 saturated heterocycles. The Bertz CT molecular complexity index is 1620. The van der Waals surface area contributed by atoms with Gasteiger partial charge in [0.2, 0.25) is 0 Å². The molecule has 1 aliphatic carbocycles. The largest absolute Gasteiger partial charge is 0.280 e. The topological polar surface area (TPSA) is 110 Å².